The van der Waals surface area contributed by atoms with E-state index >= 15 is 0 Å². The third-order valence-electron chi connectivity index (χ3n) is 2.61. The van der Waals surface area contributed by atoms with Crippen LogP contribution in [-0.4, -0.2) is 0 Å². The van der Waals surface area contributed by atoms with Crippen LogP contribution in [0.5, 0.6) is 0 Å². The van der Waals surface area contributed by atoms with Crippen LogP contribution in [0.15, 0.2) is 42.5 Å². The molecule has 93 valence electrons. The van der Waals surface area contributed by atoms with E-state index in [1.807, 2.05) is 0 Å². The van der Waals surface area contributed by atoms with Crippen molar-refractivity contribution in [1.29, 1.82) is 0 Å². The van der Waals surface area contributed by atoms with Crippen LogP contribution in [-0.2, 0) is 12.7 Å². The average molecular weight is 250 g/mol. The monoisotopic (exact) mass is 250 g/mol. The first-order chi connectivity index (χ1) is 8.52. The van der Waals surface area contributed by atoms with Gasteiger partial charge in [0.2, 0.25) is 0 Å². The van der Waals surface area contributed by atoms with Gasteiger partial charge in [-0.05, 0) is 29.3 Å². The molecule has 0 unspecified atom stereocenters. The summed E-state index contributed by atoms with van der Waals surface area (Å²) in [5, 5.41) is 0. The summed E-state index contributed by atoms with van der Waals surface area (Å²) in [7, 11) is 0. The van der Waals surface area contributed by atoms with E-state index in [0.717, 1.165) is 11.6 Å². The Kier molecular flexibility index (Phi) is 3.39. The molecule has 18 heavy (non-hydrogen) atoms. The number of alkyl halides is 3. The predicted octanol–water partition coefficient (Wildman–Crippen LogP) is 3.63. The van der Waals surface area contributed by atoms with Crippen molar-refractivity contribution in [2.24, 2.45) is 5.73 Å². The zero-order chi connectivity index (χ0) is 13.2. The molecular weight excluding hydrogens is 239 g/mol. The number of rotatable bonds is 2. The van der Waals surface area contributed by atoms with Crippen molar-refractivity contribution in [3.8, 4) is 11.1 Å². The largest absolute Gasteiger partial charge is 0.417 e. The van der Waals surface area contributed by atoms with Crippen molar-refractivity contribution in [2.75, 3.05) is 0 Å². The first-order valence-corrected chi connectivity index (χ1v) is 5.39. The summed E-state index contributed by atoms with van der Waals surface area (Å²) < 4.78 is 38.6. The minimum Gasteiger partial charge on any atom is -0.326 e. The summed E-state index contributed by atoms with van der Waals surface area (Å²) >= 11 is 0. The van der Waals surface area contributed by atoms with Crippen molar-refractivity contribution in [3.05, 3.63) is 59.7 Å². The van der Waals surface area contributed by atoms with Gasteiger partial charge < -0.3 is 5.73 Å². The normalized spacial score (nSPS) is 11.6. The molecule has 4 heteroatoms. The molecule has 1 radical (unpaired) electrons. The molecule has 0 aliphatic rings. The van der Waals surface area contributed by atoms with Crippen LogP contribution in [0.2, 0.25) is 0 Å². The van der Waals surface area contributed by atoms with Gasteiger partial charge in [0.05, 0.1) is 5.56 Å². The van der Waals surface area contributed by atoms with E-state index < -0.39 is 11.7 Å². The molecule has 0 heterocycles. The maximum absolute atomic E-state index is 12.9. The van der Waals surface area contributed by atoms with E-state index in [2.05, 4.69) is 6.07 Å². The second kappa shape index (κ2) is 4.82. The van der Waals surface area contributed by atoms with Gasteiger partial charge in [-0.25, -0.2) is 0 Å². The quantitative estimate of drug-likeness (QED) is 0.865. The lowest BCUT2D eigenvalue weighted by Crippen LogP contribution is -2.07. The lowest BCUT2D eigenvalue weighted by Gasteiger charge is -2.12. The smallest absolute Gasteiger partial charge is 0.326 e. The van der Waals surface area contributed by atoms with Crippen LogP contribution in [0.3, 0.4) is 0 Å². The van der Waals surface area contributed by atoms with Crippen molar-refractivity contribution < 1.29 is 13.2 Å². The molecule has 0 aliphatic carbocycles. The number of hydrogen-bond acceptors (Lipinski definition) is 1. The lowest BCUT2D eigenvalue weighted by atomic mass is 9.98. The highest BCUT2D eigenvalue weighted by Gasteiger charge is 2.33. The van der Waals surface area contributed by atoms with E-state index in [1.54, 1.807) is 24.3 Å². The second-order valence-electron chi connectivity index (χ2n) is 3.86. The van der Waals surface area contributed by atoms with Gasteiger partial charge in [-0.15, -0.1) is 0 Å². The Bertz CT molecular complexity index is 547. The molecule has 2 rings (SSSR count). The molecule has 0 saturated carbocycles. The molecule has 2 N–H and O–H groups in total. The van der Waals surface area contributed by atoms with Gasteiger partial charge in [-0.2, -0.15) is 13.2 Å². The number of halogens is 3. The SMILES string of the molecule is NCc1cccc(-c2[c]cccc2C(F)(F)F)c1. The first-order valence-electron chi connectivity index (χ1n) is 5.39. The van der Waals surface area contributed by atoms with Crippen LogP contribution in [0, 0.1) is 6.07 Å². The van der Waals surface area contributed by atoms with E-state index in [0.29, 0.717) is 12.1 Å². The molecule has 0 atom stereocenters. The maximum atomic E-state index is 12.9. The third-order valence-corrected chi connectivity index (χ3v) is 2.61. The van der Waals surface area contributed by atoms with Gasteiger partial charge in [0.1, 0.15) is 0 Å². The Hall–Kier alpha value is -1.81. The highest BCUT2D eigenvalue weighted by atomic mass is 19.4. The van der Waals surface area contributed by atoms with E-state index in [1.165, 1.54) is 12.1 Å². The van der Waals surface area contributed by atoms with Crippen LogP contribution < -0.4 is 5.73 Å². The number of hydrogen-bond donors (Lipinski definition) is 1. The molecule has 0 spiro atoms. The summed E-state index contributed by atoms with van der Waals surface area (Å²) in [5.41, 5.74) is 6.13. The molecule has 0 bridgehead atoms. The fraction of sp³-hybridized carbons (Fsp3) is 0.143. The first kappa shape index (κ1) is 12.6. The summed E-state index contributed by atoms with van der Waals surface area (Å²) in [6.07, 6.45) is -4.38. The Morgan fingerprint density at radius 2 is 1.89 bits per heavy atom. The summed E-state index contributed by atoms with van der Waals surface area (Å²) in [6.45, 7) is 0.294. The zero-order valence-corrected chi connectivity index (χ0v) is 9.46. The second-order valence-corrected chi connectivity index (χ2v) is 3.86. The molecule has 2 aromatic rings. The summed E-state index contributed by atoms with van der Waals surface area (Å²) in [4.78, 5) is 0. The van der Waals surface area contributed by atoms with Crippen LogP contribution in [0.4, 0.5) is 13.2 Å². The number of nitrogens with two attached hydrogens (primary N) is 1. The maximum Gasteiger partial charge on any atom is 0.417 e. The highest BCUT2D eigenvalue weighted by Crippen LogP contribution is 2.36. The highest BCUT2D eigenvalue weighted by molar-refractivity contribution is 5.68. The topological polar surface area (TPSA) is 26.0 Å². The third kappa shape index (κ3) is 2.54. The van der Waals surface area contributed by atoms with Gasteiger partial charge in [0.15, 0.2) is 0 Å². The van der Waals surface area contributed by atoms with Gasteiger partial charge >= 0.3 is 6.18 Å². The van der Waals surface area contributed by atoms with E-state index in [9.17, 15) is 13.2 Å². The Morgan fingerprint density at radius 3 is 2.56 bits per heavy atom. The van der Waals surface area contributed by atoms with Crippen LogP contribution >= 0.6 is 0 Å². The van der Waals surface area contributed by atoms with Crippen molar-refractivity contribution in [2.45, 2.75) is 12.7 Å². The molecule has 0 amide bonds. The standard InChI is InChI=1S/C14H11F3N/c15-14(16,17)13-7-2-1-6-12(13)11-5-3-4-10(8-11)9-18/h1-5,7-8H,9,18H2. The van der Waals surface area contributed by atoms with E-state index in [4.69, 9.17) is 5.73 Å². The summed E-state index contributed by atoms with van der Waals surface area (Å²) in [6, 6.07) is 13.3. The minimum atomic E-state index is -4.38. The van der Waals surface area contributed by atoms with Crippen LogP contribution in [0.25, 0.3) is 11.1 Å². The molecule has 0 aliphatic heterocycles. The molecule has 0 fully saturated rings. The summed E-state index contributed by atoms with van der Waals surface area (Å²) in [5.74, 6) is 0. The molecular formula is C14H11F3N. The molecule has 0 saturated heterocycles. The predicted molar refractivity (Wildman–Crippen MR) is 63.6 cm³/mol. The average Bonchev–Trinajstić information content (AvgIpc) is 2.38. The lowest BCUT2D eigenvalue weighted by molar-refractivity contribution is -0.137. The molecule has 2 aromatic carbocycles. The van der Waals surface area contributed by atoms with Crippen molar-refractivity contribution in [3.63, 3.8) is 0 Å². The Morgan fingerprint density at radius 1 is 1.11 bits per heavy atom. The molecule has 1 nitrogen and oxygen atoms in total. The van der Waals surface area contributed by atoms with Gasteiger partial charge in [0, 0.05) is 12.1 Å². The van der Waals surface area contributed by atoms with Gasteiger partial charge in [0.25, 0.3) is 0 Å². The molecule has 0 aromatic heterocycles. The zero-order valence-electron chi connectivity index (χ0n) is 9.46. The fourth-order valence-electron chi connectivity index (χ4n) is 1.77. The van der Waals surface area contributed by atoms with E-state index in [-0.39, 0.29) is 5.56 Å². The minimum absolute atomic E-state index is 0.0558. The van der Waals surface area contributed by atoms with Crippen molar-refractivity contribution in [1.82, 2.24) is 0 Å². The van der Waals surface area contributed by atoms with Crippen molar-refractivity contribution >= 4 is 0 Å². The Labute approximate surface area is 103 Å². The number of benzene rings is 2. The van der Waals surface area contributed by atoms with Gasteiger partial charge in [-0.1, -0.05) is 30.3 Å². The Balaban J connectivity index is 2.57. The van der Waals surface area contributed by atoms with Gasteiger partial charge in [-0.3, -0.25) is 0 Å². The van der Waals surface area contributed by atoms with Crippen LogP contribution in [0.1, 0.15) is 11.1 Å². The fourth-order valence-corrected chi connectivity index (χ4v) is 1.77.